The Hall–Kier alpha value is -2.12. The first-order valence-corrected chi connectivity index (χ1v) is 8.19. The molecule has 2 aromatic carbocycles. The van der Waals surface area contributed by atoms with Crippen LogP contribution in [0.2, 0.25) is 0 Å². The summed E-state index contributed by atoms with van der Waals surface area (Å²) in [5, 5.41) is 8.81. The van der Waals surface area contributed by atoms with Gasteiger partial charge in [-0.15, -0.1) is 0 Å². The summed E-state index contributed by atoms with van der Waals surface area (Å²) in [4.78, 5) is 0. The van der Waals surface area contributed by atoms with Crippen LogP contribution in [-0.2, 0) is 16.6 Å². The highest BCUT2D eigenvalue weighted by atomic mass is 32.2. The fourth-order valence-electron chi connectivity index (χ4n) is 1.97. The third kappa shape index (κ3) is 5.05. The maximum atomic E-state index is 12.0. The number of nitriles is 1. The molecule has 0 saturated heterocycles. The van der Waals surface area contributed by atoms with Crippen LogP contribution in [0.15, 0.2) is 48.5 Å². The molecule has 3 nitrogen and oxygen atoms in total. The molecule has 0 aliphatic carbocycles. The van der Waals surface area contributed by atoms with Crippen molar-refractivity contribution >= 4 is 10.8 Å². The summed E-state index contributed by atoms with van der Waals surface area (Å²) in [6, 6.07) is 17.1. The van der Waals surface area contributed by atoms with Crippen molar-refractivity contribution in [3.8, 4) is 11.8 Å². The largest absolute Gasteiger partial charge is 0.493 e. The Labute approximate surface area is 127 Å². The topological polar surface area (TPSA) is 50.1 Å². The average molecular weight is 299 g/mol. The van der Waals surface area contributed by atoms with Crippen LogP contribution in [0.25, 0.3) is 0 Å². The lowest BCUT2D eigenvalue weighted by atomic mass is 10.2. The van der Waals surface area contributed by atoms with Crippen LogP contribution in [0.3, 0.4) is 0 Å². The van der Waals surface area contributed by atoms with E-state index in [1.165, 1.54) is 5.56 Å². The first-order chi connectivity index (χ1) is 10.2. The lowest BCUT2D eigenvalue weighted by Crippen LogP contribution is -2.10. The lowest BCUT2D eigenvalue weighted by Gasteiger charge is -2.07. The van der Waals surface area contributed by atoms with E-state index in [0.717, 1.165) is 5.56 Å². The first kappa shape index (κ1) is 15.3. The van der Waals surface area contributed by atoms with Crippen LogP contribution in [0.1, 0.15) is 16.7 Å². The minimum Gasteiger partial charge on any atom is -0.493 e. The van der Waals surface area contributed by atoms with Gasteiger partial charge in [-0.05, 0) is 30.7 Å². The van der Waals surface area contributed by atoms with Gasteiger partial charge in [0.25, 0.3) is 0 Å². The summed E-state index contributed by atoms with van der Waals surface area (Å²) in [6.45, 7) is 2.41. The molecule has 0 aliphatic heterocycles. The van der Waals surface area contributed by atoms with E-state index in [9.17, 15) is 4.21 Å². The van der Waals surface area contributed by atoms with Crippen molar-refractivity contribution in [1.82, 2.24) is 0 Å². The molecular formula is C17H17NO2S. The highest BCUT2D eigenvalue weighted by Crippen LogP contribution is 2.13. The number of hydrogen-bond acceptors (Lipinski definition) is 3. The predicted molar refractivity (Wildman–Crippen MR) is 84.5 cm³/mol. The molecule has 0 radical (unpaired) electrons. The van der Waals surface area contributed by atoms with Crippen molar-refractivity contribution in [2.45, 2.75) is 12.7 Å². The van der Waals surface area contributed by atoms with Crippen LogP contribution in [-0.4, -0.2) is 16.6 Å². The zero-order valence-corrected chi connectivity index (χ0v) is 12.7. The second kappa shape index (κ2) is 7.61. The van der Waals surface area contributed by atoms with Crippen LogP contribution < -0.4 is 4.74 Å². The molecular weight excluding hydrogens is 282 g/mol. The molecule has 0 fully saturated rings. The van der Waals surface area contributed by atoms with Crippen molar-refractivity contribution in [3.05, 3.63) is 65.2 Å². The van der Waals surface area contributed by atoms with Gasteiger partial charge in [0.1, 0.15) is 5.75 Å². The van der Waals surface area contributed by atoms with Gasteiger partial charge in [-0.2, -0.15) is 5.26 Å². The molecule has 2 rings (SSSR count). The standard InChI is InChI=1S/C17H17NO2S/c1-14-4-2-6-16(10-14)13-21(19)9-8-20-17-7-3-5-15(11-17)12-18/h2-7,10-11H,8-9,13H2,1H3. The van der Waals surface area contributed by atoms with E-state index in [1.54, 1.807) is 24.3 Å². The first-order valence-electron chi connectivity index (χ1n) is 6.71. The van der Waals surface area contributed by atoms with Crippen LogP contribution >= 0.6 is 0 Å². The Bertz CT molecular complexity index is 676. The molecule has 108 valence electrons. The molecule has 0 bridgehead atoms. The van der Waals surface area contributed by atoms with Crippen molar-refractivity contribution in [3.63, 3.8) is 0 Å². The Balaban J connectivity index is 1.80. The van der Waals surface area contributed by atoms with Gasteiger partial charge in [-0.1, -0.05) is 35.9 Å². The number of aryl methyl sites for hydroxylation is 1. The Morgan fingerprint density at radius 3 is 2.76 bits per heavy atom. The molecule has 0 heterocycles. The number of nitrogens with zero attached hydrogens (tertiary/aromatic N) is 1. The summed E-state index contributed by atoms with van der Waals surface area (Å²) < 4.78 is 17.6. The number of benzene rings is 2. The minimum absolute atomic E-state index is 0.382. The molecule has 0 saturated carbocycles. The summed E-state index contributed by atoms with van der Waals surface area (Å²) in [5.41, 5.74) is 2.82. The van der Waals surface area contributed by atoms with Gasteiger partial charge < -0.3 is 4.74 Å². The van der Waals surface area contributed by atoms with E-state index in [4.69, 9.17) is 10.00 Å². The van der Waals surface area contributed by atoms with Crippen LogP contribution in [0.5, 0.6) is 5.75 Å². The van der Waals surface area contributed by atoms with E-state index in [-0.39, 0.29) is 0 Å². The third-order valence-corrected chi connectivity index (χ3v) is 4.23. The summed E-state index contributed by atoms with van der Waals surface area (Å²) >= 11 is 0. The molecule has 0 amide bonds. The Kier molecular flexibility index (Phi) is 5.53. The molecule has 0 aromatic heterocycles. The molecule has 2 aromatic rings. The maximum Gasteiger partial charge on any atom is 0.120 e. The molecule has 4 heteroatoms. The fraction of sp³-hybridized carbons (Fsp3) is 0.235. The Morgan fingerprint density at radius 2 is 2.00 bits per heavy atom. The SMILES string of the molecule is Cc1cccc(CS(=O)CCOc2cccc(C#N)c2)c1. The van der Waals surface area contributed by atoms with Gasteiger partial charge in [0.15, 0.2) is 0 Å². The van der Waals surface area contributed by atoms with E-state index in [0.29, 0.717) is 29.4 Å². The Morgan fingerprint density at radius 1 is 1.19 bits per heavy atom. The molecule has 1 atom stereocenters. The maximum absolute atomic E-state index is 12.0. The zero-order chi connectivity index (χ0) is 15.1. The van der Waals surface area contributed by atoms with Gasteiger partial charge in [0.2, 0.25) is 0 Å². The fourth-order valence-corrected chi connectivity index (χ4v) is 2.93. The molecule has 0 N–H and O–H groups in total. The summed E-state index contributed by atoms with van der Waals surface area (Å²) in [6.07, 6.45) is 0. The van der Waals surface area contributed by atoms with Crippen LogP contribution in [0, 0.1) is 18.3 Å². The van der Waals surface area contributed by atoms with Crippen molar-refractivity contribution in [1.29, 1.82) is 5.26 Å². The van der Waals surface area contributed by atoms with Gasteiger partial charge in [-0.25, -0.2) is 0 Å². The van der Waals surface area contributed by atoms with Crippen molar-refractivity contribution in [2.75, 3.05) is 12.4 Å². The lowest BCUT2D eigenvalue weighted by molar-refractivity contribution is 0.342. The van der Waals surface area contributed by atoms with Gasteiger partial charge in [-0.3, -0.25) is 4.21 Å². The average Bonchev–Trinajstić information content (AvgIpc) is 2.47. The van der Waals surface area contributed by atoms with Crippen molar-refractivity contribution in [2.24, 2.45) is 0 Å². The second-order valence-electron chi connectivity index (χ2n) is 4.77. The minimum atomic E-state index is -0.950. The highest BCUT2D eigenvalue weighted by Gasteiger charge is 2.03. The quantitative estimate of drug-likeness (QED) is 0.823. The van der Waals surface area contributed by atoms with E-state index in [2.05, 4.69) is 12.1 Å². The van der Waals surface area contributed by atoms with E-state index in [1.807, 2.05) is 25.1 Å². The van der Waals surface area contributed by atoms with Gasteiger partial charge >= 0.3 is 0 Å². The van der Waals surface area contributed by atoms with Gasteiger partial charge in [0, 0.05) is 16.6 Å². The highest BCUT2D eigenvalue weighted by molar-refractivity contribution is 7.84. The third-order valence-electron chi connectivity index (χ3n) is 2.95. The monoisotopic (exact) mass is 299 g/mol. The van der Waals surface area contributed by atoms with Crippen molar-refractivity contribution < 1.29 is 8.95 Å². The normalized spacial score (nSPS) is 11.6. The molecule has 21 heavy (non-hydrogen) atoms. The summed E-state index contributed by atoms with van der Waals surface area (Å²) in [5.74, 6) is 1.66. The van der Waals surface area contributed by atoms with Crippen LogP contribution in [0.4, 0.5) is 0 Å². The van der Waals surface area contributed by atoms with E-state index >= 15 is 0 Å². The molecule has 0 aliphatic rings. The van der Waals surface area contributed by atoms with Gasteiger partial charge in [0.05, 0.1) is 24.0 Å². The second-order valence-corrected chi connectivity index (χ2v) is 6.34. The van der Waals surface area contributed by atoms with E-state index < -0.39 is 10.8 Å². The zero-order valence-electron chi connectivity index (χ0n) is 11.9. The molecule has 1 unspecified atom stereocenters. The predicted octanol–water partition coefficient (Wildman–Crippen LogP) is 3.19. The number of rotatable bonds is 6. The number of ether oxygens (including phenoxy) is 1. The smallest absolute Gasteiger partial charge is 0.120 e. The molecule has 0 spiro atoms. The number of hydrogen-bond donors (Lipinski definition) is 0. The summed E-state index contributed by atoms with van der Waals surface area (Å²) in [7, 11) is -0.950.